The largest absolute Gasteiger partial charge is 0.497 e. The molecular weight excluding hydrogens is 270 g/mol. The van der Waals surface area contributed by atoms with Crippen LogP contribution in [0.15, 0.2) is 24.3 Å². The van der Waals surface area contributed by atoms with Gasteiger partial charge in [-0.15, -0.1) is 0 Å². The fraction of sp³-hybridized carbons (Fsp3) is 0.500. The van der Waals surface area contributed by atoms with Gasteiger partial charge in [-0.25, -0.2) is 4.79 Å². The van der Waals surface area contributed by atoms with Gasteiger partial charge in [0.05, 0.1) is 7.11 Å². The first-order chi connectivity index (χ1) is 10.1. The molecule has 0 aliphatic heterocycles. The second kappa shape index (κ2) is 5.39. The third-order valence-corrected chi connectivity index (χ3v) is 4.39. The number of carboxylic acid groups (broad SMARTS) is 1. The maximum absolute atomic E-state index is 12.2. The number of carbonyl (C=O) groups is 2. The third-order valence-electron chi connectivity index (χ3n) is 4.39. The Morgan fingerprint density at radius 1 is 1.29 bits per heavy atom. The molecule has 0 spiro atoms. The van der Waals surface area contributed by atoms with E-state index < -0.39 is 12.0 Å². The van der Waals surface area contributed by atoms with E-state index in [0.717, 1.165) is 6.42 Å². The summed E-state index contributed by atoms with van der Waals surface area (Å²) >= 11 is 0. The van der Waals surface area contributed by atoms with E-state index in [4.69, 9.17) is 4.74 Å². The predicted molar refractivity (Wildman–Crippen MR) is 75.8 cm³/mol. The summed E-state index contributed by atoms with van der Waals surface area (Å²) in [7, 11) is 1.55. The Morgan fingerprint density at radius 2 is 1.95 bits per heavy atom. The highest BCUT2D eigenvalue weighted by atomic mass is 16.5. The van der Waals surface area contributed by atoms with Crippen molar-refractivity contribution in [3.63, 3.8) is 0 Å². The molecule has 1 amide bonds. The Hall–Kier alpha value is -2.04. The average Bonchev–Trinajstić information content (AvgIpc) is 3.35. The quantitative estimate of drug-likeness (QED) is 0.839. The maximum Gasteiger partial charge on any atom is 0.330 e. The number of carboxylic acids is 1. The van der Waals surface area contributed by atoms with Gasteiger partial charge in [0.25, 0.3) is 0 Å². The second-order valence-corrected chi connectivity index (χ2v) is 5.90. The molecule has 0 heterocycles. The Kier molecular flexibility index (Phi) is 3.57. The number of amides is 1. The molecule has 2 N–H and O–H groups in total. The highest BCUT2D eigenvalue weighted by Gasteiger charge is 2.51. The van der Waals surface area contributed by atoms with Crippen molar-refractivity contribution >= 4 is 11.9 Å². The van der Waals surface area contributed by atoms with Crippen molar-refractivity contribution in [2.24, 2.45) is 17.8 Å². The van der Waals surface area contributed by atoms with Gasteiger partial charge in [0, 0.05) is 5.92 Å². The zero-order valence-corrected chi connectivity index (χ0v) is 11.9. The van der Waals surface area contributed by atoms with E-state index in [1.54, 1.807) is 31.4 Å². The van der Waals surface area contributed by atoms with Crippen molar-refractivity contribution in [1.82, 2.24) is 5.32 Å². The minimum atomic E-state index is -1.04. The highest BCUT2D eigenvalue weighted by Crippen LogP contribution is 2.54. The first-order valence-corrected chi connectivity index (χ1v) is 7.27. The van der Waals surface area contributed by atoms with Crippen molar-refractivity contribution < 1.29 is 19.4 Å². The molecule has 2 fully saturated rings. The molecule has 5 nitrogen and oxygen atoms in total. The molecule has 1 aromatic rings. The van der Waals surface area contributed by atoms with Gasteiger partial charge in [0.2, 0.25) is 5.91 Å². The van der Waals surface area contributed by atoms with Crippen molar-refractivity contribution in [1.29, 1.82) is 0 Å². The van der Waals surface area contributed by atoms with Crippen LogP contribution in [0.25, 0.3) is 0 Å². The molecule has 0 bridgehead atoms. The Morgan fingerprint density at radius 3 is 2.48 bits per heavy atom. The molecule has 0 aromatic heterocycles. The maximum atomic E-state index is 12.2. The molecule has 3 atom stereocenters. The number of benzene rings is 1. The number of aliphatic carboxylic acids is 1. The van der Waals surface area contributed by atoms with Crippen LogP contribution in [0.1, 0.15) is 30.9 Å². The molecule has 2 aliphatic rings. The molecule has 21 heavy (non-hydrogen) atoms. The monoisotopic (exact) mass is 289 g/mol. The third kappa shape index (κ3) is 3.01. The van der Waals surface area contributed by atoms with Gasteiger partial charge in [-0.2, -0.15) is 0 Å². The molecule has 2 saturated carbocycles. The SMILES string of the molecule is COc1ccc(C(NC(=O)C2CC2C2CC2)C(=O)O)cc1. The van der Waals surface area contributed by atoms with Gasteiger partial charge < -0.3 is 15.2 Å². The van der Waals surface area contributed by atoms with E-state index in [0.29, 0.717) is 23.1 Å². The lowest BCUT2D eigenvalue weighted by molar-refractivity contribution is -0.142. The molecule has 112 valence electrons. The van der Waals surface area contributed by atoms with E-state index in [2.05, 4.69) is 5.32 Å². The van der Waals surface area contributed by atoms with E-state index in [-0.39, 0.29) is 11.8 Å². The van der Waals surface area contributed by atoms with Gasteiger partial charge in [-0.1, -0.05) is 12.1 Å². The van der Waals surface area contributed by atoms with Crippen molar-refractivity contribution in [2.45, 2.75) is 25.3 Å². The summed E-state index contributed by atoms with van der Waals surface area (Å²) in [6.45, 7) is 0. The second-order valence-electron chi connectivity index (χ2n) is 5.90. The molecular formula is C16H19NO4. The number of nitrogens with one attached hydrogen (secondary N) is 1. The van der Waals surface area contributed by atoms with Gasteiger partial charge >= 0.3 is 5.97 Å². The first-order valence-electron chi connectivity index (χ1n) is 7.27. The molecule has 5 heteroatoms. The average molecular weight is 289 g/mol. The first kappa shape index (κ1) is 13.9. The summed E-state index contributed by atoms with van der Waals surface area (Å²) in [5.74, 6) is 0.676. The van der Waals surface area contributed by atoms with Crippen LogP contribution in [-0.2, 0) is 9.59 Å². The van der Waals surface area contributed by atoms with Crippen LogP contribution >= 0.6 is 0 Å². The molecule has 3 unspecified atom stereocenters. The number of carbonyl (C=O) groups excluding carboxylic acids is 1. The van der Waals surface area contributed by atoms with Crippen LogP contribution in [0, 0.1) is 17.8 Å². The standard InChI is InChI=1S/C16H19NO4/c1-21-11-6-4-10(5-7-11)14(16(19)20)17-15(18)13-8-12(13)9-2-3-9/h4-7,9,12-14H,2-3,8H2,1H3,(H,17,18)(H,19,20). The van der Waals surface area contributed by atoms with Crippen molar-refractivity contribution in [3.05, 3.63) is 29.8 Å². The van der Waals surface area contributed by atoms with Gasteiger partial charge in [-0.05, 0) is 48.8 Å². The topological polar surface area (TPSA) is 75.6 Å². The van der Waals surface area contributed by atoms with E-state index in [1.165, 1.54) is 12.8 Å². The molecule has 0 radical (unpaired) electrons. The minimum absolute atomic E-state index is 0.0117. The number of methoxy groups -OCH3 is 1. The number of hydrogen-bond acceptors (Lipinski definition) is 3. The zero-order valence-electron chi connectivity index (χ0n) is 11.9. The minimum Gasteiger partial charge on any atom is -0.497 e. The fourth-order valence-corrected chi connectivity index (χ4v) is 2.89. The van der Waals surface area contributed by atoms with Crippen LogP contribution in [0.2, 0.25) is 0 Å². The lowest BCUT2D eigenvalue weighted by Crippen LogP contribution is -2.35. The van der Waals surface area contributed by atoms with Crippen LogP contribution in [0.4, 0.5) is 0 Å². The summed E-state index contributed by atoms with van der Waals surface area (Å²) in [6.07, 6.45) is 3.34. The number of ether oxygens (including phenoxy) is 1. The van der Waals surface area contributed by atoms with Crippen molar-refractivity contribution in [3.8, 4) is 5.75 Å². The summed E-state index contributed by atoms with van der Waals surface area (Å²) in [5, 5.41) is 12.0. The lowest BCUT2D eigenvalue weighted by Gasteiger charge is -2.15. The summed E-state index contributed by atoms with van der Waals surface area (Å²) in [6, 6.07) is 5.74. The van der Waals surface area contributed by atoms with Crippen LogP contribution in [0.5, 0.6) is 5.75 Å². The van der Waals surface area contributed by atoms with Gasteiger partial charge in [-0.3, -0.25) is 4.79 Å². The fourth-order valence-electron chi connectivity index (χ4n) is 2.89. The zero-order chi connectivity index (χ0) is 15.0. The smallest absolute Gasteiger partial charge is 0.330 e. The summed E-state index contributed by atoms with van der Waals surface area (Å²) < 4.78 is 5.05. The highest BCUT2D eigenvalue weighted by molar-refractivity contribution is 5.87. The van der Waals surface area contributed by atoms with Gasteiger partial charge in [0.1, 0.15) is 5.75 Å². The van der Waals surface area contributed by atoms with Crippen LogP contribution < -0.4 is 10.1 Å². The van der Waals surface area contributed by atoms with Crippen molar-refractivity contribution in [2.75, 3.05) is 7.11 Å². The molecule has 3 rings (SSSR count). The van der Waals surface area contributed by atoms with Crippen LogP contribution in [0.3, 0.4) is 0 Å². The molecule has 2 aliphatic carbocycles. The van der Waals surface area contributed by atoms with E-state index in [9.17, 15) is 14.7 Å². The predicted octanol–water partition coefficient (Wildman–Crippen LogP) is 1.98. The van der Waals surface area contributed by atoms with Crippen LogP contribution in [-0.4, -0.2) is 24.1 Å². The Labute approximate surface area is 123 Å². The normalized spacial score (nSPS) is 25.0. The summed E-state index contributed by atoms with van der Waals surface area (Å²) in [5.41, 5.74) is 0.556. The van der Waals surface area contributed by atoms with E-state index in [1.807, 2.05) is 0 Å². The summed E-state index contributed by atoms with van der Waals surface area (Å²) in [4.78, 5) is 23.6. The Bertz CT molecular complexity index is 550. The number of rotatable bonds is 6. The lowest BCUT2D eigenvalue weighted by atomic mass is 10.1. The number of hydrogen-bond donors (Lipinski definition) is 2. The Balaban J connectivity index is 1.66. The molecule has 1 aromatic carbocycles. The molecule has 0 saturated heterocycles. The van der Waals surface area contributed by atoms with E-state index >= 15 is 0 Å². The van der Waals surface area contributed by atoms with Gasteiger partial charge in [0.15, 0.2) is 6.04 Å².